The summed E-state index contributed by atoms with van der Waals surface area (Å²) in [6.45, 7) is 1.83. The highest BCUT2D eigenvalue weighted by Gasteiger charge is 2.21. The molecule has 20 heavy (non-hydrogen) atoms. The molecule has 0 aliphatic heterocycles. The van der Waals surface area contributed by atoms with E-state index < -0.39 is 6.10 Å². The average Bonchev–Trinajstić information content (AvgIpc) is 3.08. The normalized spacial score (nSPS) is 17.1. The van der Waals surface area contributed by atoms with Gasteiger partial charge in [0.15, 0.2) is 0 Å². The van der Waals surface area contributed by atoms with Crippen LogP contribution in [-0.4, -0.2) is 30.8 Å². The first-order chi connectivity index (χ1) is 9.66. The lowest BCUT2D eigenvalue weighted by Crippen LogP contribution is -2.15. The Hall–Kier alpha value is -2.13. The summed E-state index contributed by atoms with van der Waals surface area (Å²) in [4.78, 5) is 8.30. The number of rotatable bonds is 1. The summed E-state index contributed by atoms with van der Waals surface area (Å²) in [5.41, 5.74) is 7.35. The molecular formula is C14H17N5O. The van der Waals surface area contributed by atoms with Gasteiger partial charge in [-0.3, -0.25) is 0 Å². The van der Waals surface area contributed by atoms with Crippen molar-refractivity contribution in [2.24, 2.45) is 5.92 Å². The van der Waals surface area contributed by atoms with Gasteiger partial charge >= 0.3 is 0 Å². The molecule has 2 aromatic rings. The summed E-state index contributed by atoms with van der Waals surface area (Å²) in [5.74, 6) is 7.02. The molecule has 1 aliphatic carbocycles. The van der Waals surface area contributed by atoms with Gasteiger partial charge in [-0.05, 0) is 25.7 Å². The maximum Gasteiger partial charge on any atom is 0.254 e. The number of nitrogen functional groups attached to an aromatic ring is 1. The predicted molar refractivity (Wildman–Crippen MR) is 74.8 cm³/mol. The topological polar surface area (TPSA) is 89.3 Å². The maximum absolute atomic E-state index is 10.1. The fourth-order valence-corrected chi connectivity index (χ4v) is 2.67. The molecule has 3 N–H and O–H groups in total. The van der Waals surface area contributed by atoms with Crippen molar-refractivity contribution in [3.8, 4) is 11.8 Å². The van der Waals surface area contributed by atoms with Crippen LogP contribution in [0, 0.1) is 24.7 Å². The van der Waals surface area contributed by atoms with Crippen molar-refractivity contribution in [2.45, 2.75) is 38.7 Å². The highest BCUT2D eigenvalue weighted by Crippen LogP contribution is 2.27. The van der Waals surface area contributed by atoms with E-state index >= 15 is 0 Å². The van der Waals surface area contributed by atoms with Crippen molar-refractivity contribution in [1.82, 2.24) is 19.6 Å². The molecule has 1 unspecified atom stereocenters. The molecule has 0 saturated heterocycles. The summed E-state index contributed by atoms with van der Waals surface area (Å²) in [6, 6.07) is 0. The van der Waals surface area contributed by atoms with Crippen molar-refractivity contribution in [1.29, 1.82) is 0 Å². The van der Waals surface area contributed by atoms with Gasteiger partial charge in [0, 0.05) is 0 Å². The Labute approximate surface area is 117 Å². The van der Waals surface area contributed by atoms with E-state index in [0.29, 0.717) is 22.9 Å². The average molecular weight is 271 g/mol. The Morgan fingerprint density at radius 3 is 2.95 bits per heavy atom. The second kappa shape index (κ2) is 5.10. The summed E-state index contributed by atoms with van der Waals surface area (Å²) in [5, 5.41) is 14.1. The Bertz CT molecular complexity index is 691. The van der Waals surface area contributed by atoms with Crippen molar-refractivity contribution in [3.63, 3.8) is 0 Å². The zero-order chi connectivity index (χ0) is 14.1. The van der Waals surface area contributed by atoms with Gasteiger partial charge in [0.05, 0.1) is 11.3 Å². The molecule has 0 bridgehead atoms. The summed E-state index contributed by atoms with van der Waals surface area (Å²) in [7, 11) is 0. The lowest BCUT2D eigenvalue weighted by molar-refractivity contribution is 0.165. The Kier molecular flexibility index (Phi) is 3.28. The molecule has 0 spiro atoms. The molecule has 0 aromatic carbocycles. The minimum absolute atomic E-state index is 0.284. The molecule has 2 aromatic heterocycles. The van der Waals surface area contributed by atoms with E-state index in [1.54, 1.807) is 0 Å². The molecule has 1 atom stereocenters. The summed E-state index contributed by atoms with van der Waals surface area (Å²) < 4.78 is 1.46. The van der Waals surface area contributed by atoms with Crippen LogP contribution >= 0.6 is 0 Å². The second-order valence-corrected chi connectivity index (χ2v) is 5.19. The van der Waals surface area contributed by atoms with Crippen LogP contribution in [0.25, 0.3) is 5.78 Å². The minimum atomic E-state index is -0.595. The lowest BCUT2D eigenvalue weighted by atomic mass is 10.0. The third-order valence-electron chi connectivity index (χ3n) is 3.83. The van der Waals surface area contributed by atoms with Crippen LogP contribution in [0.5, 0.6) is 0 Å². The van der Waals surface area contributed by atoms with E-state index in [9.17, 15) is 5.11 Å². The number of hydrogen-bond acceptors (Lipinski definition) is 5. The molecule has 2 heterocycles. The van der Waals surface area contributed by atoms with Crippen LogP contribution in [0.2, 0.25) is 0 Å². The molecule has 1 aliphatic rings. The highest BCUT2D eigenvalue weighted by atomic mass is 16.3. The molecule has 0 amide bonds. The third-order valence-corrected chi connectivity index (χ3v) is 3.83. The van der Waals surface area contributed by atoms with Gasteiger partial charge in [0.1, 0.15) is 18.2 Å². The molecule has 6 nitrogen and oxygen atoms in total. The third kappa shape index (κ3) is 2.21. The number of aryl methyl sites for hydroxylation is 1. The zero-order valence-corrected chi connectivity index (χ0v) is 11.4. The first-order valence-corrected chi connectivity index (χ1v) is 6.82. The Balaban J connectivity index is 1.94. The first-order valence-electron chi connectivity index (χ1n) is 6.82. The van der Waals surface area contributed by atoms with Gasteiger partial charge in [0.25, 0.3) is 5.78 Å². The van der Waals surface area contributed by atoms with Crippen LogP contribution in [0.4, 0.5) is 5.82 Å². The number of hydrogen-bond donors (Lipinski definition) is 2. The first kappa shape index (κ1) is 12.9. The van der Waals surface area contributed by atoms with Crippen LogP contribution in [0.15, 0.2) is 6.33 Å². The van der Waals surface area contributed by atoms with Crippen molar-refractivity contribution >= 4 is 11.6 Å². The van der Waals surface area contributed by atoms with E-state index in [2.05, 4.69) is 26.9 Å². The second-order valence-electron chi connectivity index (χ2n) is 5.19. The quantitative estimate of drug-likeness (QED) is 0.753. The van der Waals surface area contributed by atoms with E-state index in [0.717, 1.165) is 12.8 Å². The molecule has 6 heteroatoms. The molecule has 3 rings (SSSR count). The number of anilines is 1. The van der Waals surface area contributed by atoms with Gasteiger partial charge in [-0.15, -0.1) is 0 Å². The fourth-order valence-electron chi connectivity index (χ4n) is 2.67. The Morgan fingerprint density at radius 1 is 1.45 bits per heavy atom. The van der Waals surface area contributed by atoms with Gasteiger partial charge in [0.2, 0.25) is 0 Å². The van der Waals surface area contributed by atoms with Gasteiger partial charge in [-0.2, -0.15) is 14.6 Å². The van der Waals surface area contributed by atoms with E-state index in [4.69, 9.17) is 5.73 Å². The van der Waals surface area contributed by atoms with Crippen LogP contribution in [-0.2, 0) is 0 Å². The van der Waals surface area contributed by atoms with Crippen LogP contribution < -0.4 is 5.73 Å². The Morgan fingerprint density at radius 2 is 2.20 bits per heavy atom. The number of aromatic nitrogens is 4. The smallest absolute Gasteiger partial charge is 0.254 e. The standard InChI is InChI=1S/C14H17N5O/c1-9-11(6-7-12(20)10-4-2-3-5-10)13(15)19-14(18-9)16-8-17-19/h8,10,12,20H,2-5,15H2,1H3. The number of nitrogens with two attached hydrogens (primary N) is 1. The number of nitrogens with zero attached hydrogens (tertiary/aromatic N) is 4. The SMILES string of the molecule is Cc1nc2ncnn2c(N)c1C#CC(O)C1CCCC1. The summed E-state index contributed by atoms with van der Waals surface area (Å²) in [6.07, 6.45) is 5.26. The van der Waals surface area contributed by atoms with Crippen molar-refractivity contribution in [2.75, 3.05) is 5.73 Å². The van der Waals surface area contributed by atoms with E-state index in [1.165, 1.54) is 23.7 Å². The summed E-state index contributed by atoms with van der Waals surface area (Å²) >= 11 is 0. The highest BCUT2D eigenvalue weighted by molar-refractivity contribution is 5.57. The largest absolute Gasteiger partial charge is 0.382 e. The van der Waals surface area contributed by atoms with Crippen molar-refractivity contribution in [3.05, 3.63) is 17.6 Å². The molecular weight excluding hydrogens is 254 g/mol. The van der Waals surface area contributed by atoms with Crippen molar-refractivity contribution < 1.29 is 5.11 Å². The lowest BCUT2D eigenvalue weighted by Gasteiger charge is -2.11. The molecule has 0 radical (unpaired) electrons. The molecule has 1 fully saturated rings. The van der Waals surface area contributed by atoms with Gasteiger partial charge in [-0.1, -0.05) is 24.7 Å². The fraction of sp³-hybridized carbons (Fsp3) is 0.500. The number of fused-ring (bicyclic) bond motifs is 1. The van der Waals surface area contributed by atoms with E-state index in [1.807, 2.05) is 6.92 Å². The zero-order valence-electron chi connectivity index (χ0n) is 11.4. The number of aliphatic hydroxyl groups excluding tert-OH is 1. The predicted octanol–water partition coefficient (Wildman–Crippen LogP) is 0.918. The van der Waals surface area contributed by atoms with Gasteiger partial charge < -0.3 is 10.8 Å². The maximum atomic E-state index is 10.1. The number of aliphatic hydroxyl groups is 1. The van der Waals surface area contributed by atoms with Gasteiger partial charge in [-0.25, -0.2) is 4.98 Å². The van der Waals surface area contributed by atoms with Crippen LogP contribution in [0.1, 0.15) is 36.9 Å². The monoisotopic (exact) mass is 271 g/mol. The van der Waals surface area contributed by atoms with E-state index in [-0.39, 0.29) is 5.92 Å². The molecule has 1 saturated carbocycles. The molecule has 104 valence electrons. The minimum Gasteiger partial charge on any atom is -0.382 e. The van der Waals surface area contributed by atoms with Crippen LogP contribution in [0.3, 0.4) is 0 Å².